The van der Waals surface area contributed by atoms with Crippen molar-refractivity contribution < 1.29 is 4.79 Å². The molecule has 2 heteroatoms. The van der Waals surface area contributed by atoms with Gasteiger partial charge in [-0.3, -0.25) is 4.79 Å². The lowest BCUT2D eigenvalue weighted by Gasteiger charge is -2.39. The van der Waals surface area contributed by atoms with Crippen LogP contribution < -0.4 is 5.32 Å². The third kappa shape index (κ3) is 6.40. The van der Waals surface area contributed by atoms with E-state index in [-0.39, 0.29) is 29.8 Å². The van der Waals surface area contributed by atoms with Gasteiger partial charge in [-0.05, 0) is 51.4 Å². The van der Waals surface area contributed by atoms with E-state index in [1.54, 1.807) is 0 Å². The number of hydrogen-bond acceptors (Lipinski definition) is 2. The molecule has 0 radical (unpaired) electrons. The molecule has 1 rings (SSSR count). The summed E-state index contributed by atoms with van der Waals surface area (Å²) < 4.78 is 0. The van der Waals surface area contributed by atoms with Crippen molar-refractivity contribution in [2.45, 2.75) is 107 Å². The number of rotatable bonds is 5. The Labute approximate surface area is 139 Å². The average molecular weight is 312 g/mol. The number of hydrogen-bond donors (Lipinski definition) is 1. The molecular weight excluding hydrogens is 270 g/mol. The van der Waals surface area contributed by atoms with Gasteiger partial charge in [0.25, 0.3) is 0 Å². The molecule has 1 aliphatic rings. The van der Waals surface area contributed by atoms with E-state index in [2.05, 4.69) is 39.9 Å². The third-order valence-electron chi connectivity index (χ3n) is 4.85. The van der Waals surface area contributed by atoms with Gasteiger partial charge in [0.2, 0.25) is 0 Å². The zero-order chi connectivity index (χ0) is 16.5. The monoisotopic (exact) mass is 311 g/mol. The number of ketones is 1. The van der Waals surface area contributed by atoms with Gasteiger partial charge in [-0.1, -0.05) is 54.9 Å². The van der Waals surface area contributed by atoms with Crippen LogP contribution in [-0.2, 0) is 4.79 Å². The van der Waals surface area contributed by atoms with Crippen molar-refractivity contribution in [3.05, 3.63) is 0 Å². The molecule has 0 bridgehead atoms. The highest BCUT2D eigenvalue weighted by Gasteiger charge is 2.39. The fourth-order valence-corrected chi connectivity index (χ4v) is 3.65. The number of Topliss-reactive ketones (excluding diaryl/α,β-unsaturated/α-hetero) is 1. The van der Waals surface area contributed by atoms with E-state index >= 15 is 0 Å². The summed E-state index contributed by atoms with van der Waals surface area (Å²) in [6, 6.07) is -0.0411. The minimum atomic E-state index is -0.283. The summed E-state index contributed by atoms with van der Waals surface area (Å²) in [6.07, 6.45) is 6.33. The standard InChI is InChI=1S/C19H37NO.CH4/c1-17(2,3)16(21)15(20-18(4,5)6)13-19(7,8)14-11-9-10-12-14;/h14-15,20H,9-13H2,1-8H3;1H4. The molecule has 0 aromatic heterocycles. The smallest absolute Gasteiger partial charge is 0.155 e. The highest BCUT2D eigenvalue weighted by molar-refractivity contribution is 5.88. The minimum absolute atomic E-state index is 0. The van der Waals surface area contributed by atoms with Gasteiger partial charge in [0.05, 0.1) is 6.04 Å². The molecule has 132 valence electrons. The van der Waals surface area contributed by atoms with Gasteiger partial charge >= 0.3 is 0 Å². The Kier molecular flexibility index (Phi) is 7.34. The van der Waals surface area contributed by atoms with Gasteiger partial charge < -0.3 is 5.32 Å². The lowest BCUT2D eigenvalue weighted by Crippen LogP contribution is -2.52. The Balaban J connectivity index is 0.00000441. The molecule has 0 amide bonds. The molecule has 1 N–H and O–H groups in total. The third-order valence-corrected chi connectivity index (χ3v) is 4.85. The first-order valence-electron chi connectivity index (χ1n) is 8.65. The van der Waals surface area contributed by atoms with Crippen LogP contribution in [0.2, 0.25) is 0 Å². The predicted octanol–water partition coefficient (Wildman–Crippen LogP) is 5.60. The Hall–Kier alpha value is -0.370. The Bertz CT molecular complexity index is 351. The largest absolute Gasteiger partial charge is 0.303 e. The fourth-order valence-electron chi connectivity index (χ4n) is 3.65. The maximum absolute atomic E-state index is 12.9. The second-order valence-corrected chi connectivity index (χ2v) is 9.74. The lowest BCUT2D eigenvalue weighted by molar-refractivity contribution is -0.130. The SMILES string of the molecule is C.CC(C)(C)NC(CC(C)(C)C1CCCC1)C(=O)C(C)(C)C. The van der Waals surface area contributed by atoms with Crippen LogP contribution in [0, 0.1) is 16.7 Å². The topological polar surface area (TPSA) is 29.1 Å². The maximum Gasteiger partial charge on any atom is 0.155 e. The van der Waals surface area contributed by atoms with E-state index in [1.165, 1.54) is 25.7 Å². The maximum atomic E-state index is 12.9. The molecule has 0 aromatic rings. The molecule has 22 heavy (non-hydrogen) atoms. The van der Waals surface area contributed by atoms with Gasteiger partial charge in [0.15, 0.2) is 5.78 Å². The van der Waals surface area contributed by atoms with Crippen molar-refractivity contribution >= 4 is 5.78 Å². The molecule has 2 nitrogen and oxygen atoms in total. The summed E-state index contributed by atoms with van der Waals surface area (Å²) in [5, 5.41) is 3.59. The van der Waals surface area contributed by atoms with E-state index in [1.807, 2.05) is 20.8 Å². The van der Waals surface area contributed by atoms with E-state index in [0.29, 0.717) is 5.78 Å². The highest BCUT2D eigenvalue weighted by Crippen LogP contribution is 2.43. The number of nitrogens with one attached hydrogen (secondary N) is 1. The van der Waals surface area contributed by atoms with Crippen LogP contribution in [0.1, 0.15) is 94.9 Å². The van der Waals surface area contributed by atoms with Gasteiger partial charge in [0.1, 0.15) is 0 Å². The molecule has 0 heterocycles. The molecule has 1 unspecified atom stereocenters. The zero-order valence-corrected chi connectivity index (χ0v) is 15.6. The summed E-state index contributed by atoms with van der Waals surface area (Å²) in [4.78, 5) is 12.9. The fraction of sp³-hybridized carbons (Fsp3) is 0.950. The van der Waals surface area contributed by atoms with Gasteiger partial charge in [-0.2, -0.15) is 0 Å². The van der Waals surface area contributed by atoms with Crippen molar-refractivity contribution in [3.63, 3.8) is 0 Å². The molecule has 0 aliphatic heterocycles. The van der Waals surface area contributed by atoms with Gasteiger partial charge in [0, 0.05) is 11.0 Å². The van der Waals surface area contributed by atoms with Crippen molar-refractivity contribution in [1.82, 2.24) is 5.32 Å². The molecule has 0 aromatic carbocycles. The molecule has 0 saturated heterocycles. The van der Waals surface area contributed by atoms with E-state index in [9.17, 15) is 4.79 Å². The Morgan fingerprint density at radius 1 is 1.00 bits per heavy atom. The quantitative estimate of drug-likeness (QED) is 0.716. The first-order valence-corrected chi connectivity index (χ1v) is 8.65. The highest BCUT2D eigenvalue weighted by atomic mass is 16.1. The molecule has 1 fully saturated rings. The van der Waals surface area contributed by atoms with Crippen molar-refractivity contribution in [2.75, 3.05) is 0 Å². The summed E-state index contributed by atoms with van der Waals surface area (Å²) >= 11 is 0. The van der Waals surface area contributed by atoms with Crippen LogP contribution in [0.4, 0.5) is 0 Å². The van der Waals surface area contributed by atoms with Crippen molar-refractivity contribution in [3.8, 4) is 0 Å². The average Bonchev–Trinajstić information content (AvgIpc) is 2.77. The summed E-state index contributed by atoms with van der Waals surface area (Å²) in [5.74, 6) is 1.12. The molecule has 1 atom stereocenters. The van der Waals surface area contributed by atoms with E-state index in [0.717, 1.165) is 12.3 Å². The normalized spacial score (nSPS) is 18.9. The minimum Gasteiger partial charge on any atom is -0.303 e. The second kappa shape index (κ2) is 7.47. The molecule has 1 aliphatic carbocycles. The van der Waals surface area contributed by atoms with Crippen LogP contribution in [0.25, 0.3) is 0 Å². The van der Waals surface area contributed by atoms with Gasteiger partial charge in [-0.25, -0.2) is 0 Å². The first-order chi connectivity index (χ1) is 9.33. The molecule has 0 spiro atoms. The Morgan fingerprint density at radius 3 is 1.82 bits per heavy atom. The van der Waals surface area contributed by atoms with Crippen LogP contribution in [-0.4, -0.2) is 17.4 Å². The molecule has 1 saturated carbocycles. The molecular formula is C20H41NO. The summed E-state index contributed by atoms with van der Waals surface area (Å²) in [6.45, 7) is 17.3. The van der Waals surface area contributed by atoms with Crippen LogP contribution in [0.5, 0.6) is 0 Å². The first kappa shape index (κ1) is 21.6. The van der Waals surface area contributed by atoms with Crippen LogP contribution in [0.3, 0.4) is 0 Å². The zero-order valence-electron chi connectivity index (χ0n) is 15.6. The van der Waals surface area contributed by atoms with Crippen molar-refractivity contribution in [1.29, 1.82) is 0 Å². The summed E-state index contributed by atoms with van der Waals surface area (Å²) in [7, 11) is 0. The van der Waals surface area contributed by atoms with Crippen molar-refractivity contribution in [2.24, 2.45) is 16.7 Å². The van der Waals surface area contributed by atoms with Gasteiger partial charge in [-0.15, -0.1) is 0 Å². The predicted molar refractivity (Wildman–Crippen MR) is 98.2 cm³/mol. The Morgan fingerprint density at radius 2 is 1.45 bits per heavy atom. The van der Waals surface area contributed by atoms with Crippen LogP contribution >= 0.6 is 0 Å². The number of carbonyl (C=O) groups is 1. The van der Waals surface area contributed by atoms with E-state index < -0.39 is 0 Å². The number of carbonyl (C=O) groups excluding carboxylic acids is 1. The summed E-state index contributed by atoms with van der Waals surface area (Å²) in [5.41, 5.74) is -0.0771. The second-order valence-electron chi connectivity index (χ2n) is 9.74. The van der Waals surface area contributed by atoms with Crippen LogP contribution in [0.15, 0.2) is 0 Å². The van der Waals surface area contributed by atoms with E-state index in [4.69, 9.17) is 0 Å². The lowest BCUT2D eigenvalue weighted by atomic mass is 9.70.